The summed E-state index contributed by atoms with van der Waals surface area (Å²) in [7, 11) is 3.44. The van der Waals surface area contributed by atoms with Gasteiger partial charge in [-0.3, -0.25) is 9.48 Å². The summed E-state index contributed by atoms with van der Waals surface area (Å²) < 4.78 is 41.8. The highest BCUT2D eigenvalue weighted by molar-refractivity contribution is 5.95. The van der Waals surface area contributed by atoms with Crippen LogP contribution in [0, 0.1) is 6.92 Å². The number of benzene rings is 1. The molecule has 0 spiro atoms. The van der Waals surface area contributed by atoms with Crippen LogP contribution < -0.4 is 0 Å². The topological polar surface area (TPSA) is 56.0 Å². The predicted octanol–water partition coefficient (Wildman–Crippen LogP) is 3.21. The maximum absolute atomic E-state index is 12.9. The number of amides is 1. The first-order valence-electron chi connectivity index (χ1n) is 8.12. The van der Waals surface area contributed by atoms with Gasteiger partial charge in [0.05, 0.1) is 34.9 Å². The zero-order valence-electron chi connectivity index (χ0n) is 15.0. The summed E-state index contributed by atoms with van der Waals surface area (Å²) in [6.45, 7) is 2.01. The van der Waals surface area contributed by atoms with E-state index in [2.05, 4.69) is 10.2 Å². The molecule has 0 aliphatic heterocycles. The first-order valence-corrected chi connectivity index (χ1v) is 8.12. The number of hydrogen-bond donors (Lipinski definition) is 0. The minimum atomic E-state index is -4.44. The highest BCUT2D eigenvalue weighted by Crippen LogP contribution is 2.30. The second-order valence-electron chi connectivity index (χ2n) is 6.29. The van der Waals surface area contributed by atoms with Crippen molar-refractivity contribution < 1.29 is 18.0 Å². The fourth-order valence-electron chi connectivity index (χ4n) is 2.80. The van der Waals surface area contributed by atoms with Gasteiger partial charge in [0.15, 0.2) is 0 Å². The summed E-state index contributed by atoms with van der Waals surface area (Å²) in [6.07, 6.45) is 0.405. The number of aryl methyl sites for hydroxylation is 1. The average Bonchev–Trinajstić information content (AvgIpc) is 3.19. The third-order valence-electron chi connectivity index (χ3n) is 4.18. The Morgan fingerprint density at radius 3 is 2.59 bits per heavy atom. The lowest BCUT2D eigenvalue weighted by molar-refractivity contribution is -0.137. The highest BCUT2D eigenvalue weighted by atomic mass is 19.4. The van der Waals surface area contributed by atoms with Gasteiger partial charge in [0.2, 0.25) is 0 Å². The van der Waals surface area contributed by atoms with E-state index in [4.69, 9.17) is 0 Å². The molecule has 0 atom stereocenters. The van der Waals surface area contributed by atoms with Gasteiger partial charge in [-0.15, -0.1) is 0 Å². The minimum absolute atomic E-state index is 0.247. The van der Waals surface area contributed by atoms with E-state index in [9.17, 15) is 18.0 Å². The fraction of sp³-hybridized carbons (Fsp3) is 0.278. The third kappa shape index (κ3) is 3.86. The lowest BCUT2D eigenvalue weighted by atomic mass is 10.2. The molecule has 2 aromatic heterocycles. The molecule has 3 rings (SSSR count). The van der Waals surface area contributed by atoms with Gasteiger partial charge in [-0.1, -0.05) is 6.07 Å². The molecular weight excluding hydrogens is 359 g/mol. The van der Waals surface area contributed by atoms with Gasteiger partial charge in [0.25, 0.3) is 5.91 Å². The molecule has 0 unspecified atom stereocenters. The molecular formula is C18H18F3N5O. The zero-order valence-corrected chi connectivity index (χ0v) is 15.0. The molecule has 142 valence electrons. The molecule has 6 nitrogen and oxygen atoms in total. The van der Waals surface area contributed by atoms with Crippen molar-refractivity contribution in [3.63, 3.8) is 0 Å². The van der Waals surface area contributed by atoms with Gasteiger partial charge >= 0.3 is 6.18 Å². The molecule has 2 heterocycles. The molecule has 0 N–H and O–H groups in total. The second-order valence-corrected chi connectivity index (χ2v) is 6.29. The Labute approximate surface area is 153 Å². The van der Waals surface area contributed by atoms with Crippen molar-refractivity contribution in [1.29, 1.82) is 0 Å². The summed E-state index contributed by atoms with van der Waals surface area (Å²) in [6, 6.07) is 4.84. The number of carbonyl (C=O) groups is 1. The average molecular weight is 377 g/mol. The lowest BCUT2D eigenvalue weighted by Crippen LogP contribution is -2.26. The smallest absolute Gasteiger partial charge is 0.337 e. The lowest BCUT2D eigenvalue weighted by Gasteiger charge is -2.16. The van der Waals surface area contributed by atoms with Crippen LogP contribution in [0.1, 0.15) is 27.2 Å². The van der Waals surface area contributed by atoms with E-state index in [0.29, 0.717) is 17.8 Å². The summed E-state index contributed by atoms with van der Waals surface area (Å²) >= 11 is 0. The quantitative estimate of drug-likeness (QED) is 0.702. The van der Waals surface area contributed by atoms with Crippen molar-refractivity contribution in [2.24, 2.45) is 7.05 Å². The number of alkyl halides is 3. The molecule has 0 fully saturated rings. The SMILES string of the molecule is Cc1c(C(=O)N(C)Cc2cnn(C)c2)cnn1-c1cccc(C(F)(F)F)c1. The van der Waals surface area contributed by atoms with Crippen LogP contribution >= 0.6 is 0 Å². The minimum Gasteiger partial charge on any atom is -0.337 e. The van der Waals surface area contributed by atoms with Crippen LogP contribution in [0.3, 0.4) is 0 Å². The van der Waals surface area contributed by atoms with Crippen molar-refractivity contribution >= 4 is 5.91 Å². The molecule has 0 aliphatic rings. The van der Waals surface area contributed by atoms with Crippen molar-refractivity contribution in [3.05, 3.63) is 65.2 Å². The summed E-state index contributed by atoms with van der Waals surface area (Å²) in [5.74, 6) is -0.269. The van der Waals surface area contributed by atoms with E-state index in [1.807, 2.05) is 6.20 Å². The molecule has 1 aromatic carbocycles. The standard InChI is InChI=1S/C18H18F3N5O/c1-12-16(17(27)24(2)10-13-8-22-25(3)11-13)9-23-26(12)15-6-4-5-14(7-15)18(19,20)21/h4-9,11H,10H2,1-3H3. The Hall–Kier alpha value is -3.10. The van der Waals surface area contributed by atoms with Gasteiger partial charge < -0.3 is 4.90 Å². The fourth-order valence-corrected chi connectivity index (χ4v) is 2.80. The monoisotopic (exact) mass is 377 g/mol. The van der Waals surface area contributed by atoms with Crippen LogP contribution in [0.2, 0.25) is 0 Å². The summed E-state index contributed by atoms with van der Waals surface area (Å²) in [5.41, 5.74) is 1.15. The predicted molar refractivity (Wildman–Crippen MR) is 92.3 cm³/mol. The number of halogens is 3. The van der Waals surface area contributed by atoms with Crippen molar-refractivity contribution in [1.82, 2.24) is 24.5 Å². The number of nitrogens with zero attached hydrogens (tertiary/aromatic N) is 5. The highest BCUT2D eigenvalue weighted by Gasteiger charge is 2.31. The van der Waals surface area contributed by atoms with Crippen LogP contribution in [-0.2, 0) is 19.8 Å². The third-order valence-corrected chi connectivity index (χ3v) is 4.18. The van der Waals surface area contributed by atoms with Crippen molar-refractivity contribution in [2.75, 3.05) is 7.05 Å². The van der Waals surface area contributed by atoms with Crippen LogP contribution in [0.25, 0.3) is 5.69 Å². The van der Waals surface area contributed by atoms with E-state index in [-0.39, 0.29) is 11.6 Å². The Morgan fingerprint density at radius 2 is 1.96 bits per heavy atom. The van der Waals surface area contributed by atoms with Crippen LogP contribution in [0.4, 0.5) is 13.2 Å². The molecule has 0 saturated carbocycles. The molecule has 0 aliphatic carbocycles. The first kappa shape index (κ1) is 18.7. The Balaban J connectivity index is 1.85. The van der Waals surface area contributed by atoms with Gasteiger partial charge in [-0.05, 0) is 25.1 Å². The normalized spacial score (nSPS) is 11.6. The number of aromatic nitrogens is 4. The van der Waals surface area contributed by atoms with Gasteiger partial charge in [0, 0.05) is 32.4 Å². The maximum atomic E-state index is 12.9. The van der Waals surface area contributed by atoms with E-state index in [0.717, 1.165) is 17.7 Å². The summed E-state index contributed by atoms with van der Waals surface area (Å²) in [4.78, 5) is 14.2. The van der Waals surface area contributed by atoms with E-state index < -0.39 is 11.7 Å². The Bertz CT molecular complexity index is 974. The molecule has 27 heavy (non-hydrogen) atoms. The van der Waals surface area contributed by atoms with Crippen molar-refractivity contribution in [3.8, 4) is 5.69 Å². The van der Waals surface area contributed by atoms with E-state index >= 15 is 0 Å². The van der Waals surface area contributed by atoms with Crippen LogP contribution in [0.5, 0.6) is 0 Å². The molecule has 3 aromatic rings. The van der Waals surface area contributed by atoms with Gasteiger partial charge in [-0.2, -0.15) is 23.4 Å². The van der Waals surface area contributed by atoms with Gasteiger partial charge in [-0.25, -0.2) is 4.68 Å². The maximum Gasteiger partial charge on any atom is 0.416 e. The van der Waals surface area contributed by atoms with Crippen LogP contribution in [0.15, 0.2) is 42.9 Å². The second kappa shape index (κ2) is 6.90. The molecule has 0 saturated heterocycles. The van der Waals surface area contributed by atoms with Gasteiger partial charge in [0.1, 0.15) is 0 Å². The Kier molecular flexibility index (Phi) is 4.77. The first-order chi connectivity index (χ1) is 12.7. The Morgan fingerprint density at radius 1 is 1.22 bits per heavy atom. The molecule has 1 amide bonds. The molecule has 9 heteroatoms. The largest absolute Gasteiger partial charge is 0.416 e. The van der Waals surface area contributed by atoms with E-state index in [1.165, 1.54) is 27.9 Å². The number of carbonyl (C=O) groups excluding carboxylic acids is 1. The number of rotatable bonds is 4. The van der Waals surface area contributed by atoms with Crippen molar-refractivity contribution in [2.45, 2.75) is 19.6 Å². The zero-order chi connectivity index (χ0) is 19.8. The van der Waals surface area contributed by atoms with E-state index in [1.54, 1.807) is 31.9 Å². The van der Waals surface area contributed by atoms with Crippen LogP contribution in [-0.4, -0.2) is 37.4 Å². The molecule has 0 radical (unpaired) electrons. The molecule has 0 bridgehead atoms. The number of hydrogen-bond acceptors (Lipinski definition) is 3. The summed E-state index contributed by atoms with van der Waals surface area (Å²) in [5, 5.41) is 8.17.